The van der Waals surface area contributed by atoms with E-state index in [1.54, 1.807) is 0 Å². The molecule has 1 aromatic rings. The summed E-state index contributed by atoms with van der Waals surface area (Å²) in [6.45, 7) is 6.21. The van der Waals surface area contributed by atoms with E-state index in [2.05, 4.69) is 30.6 Å². The molecule has 0 aromatic heterocycles. The molecule has 0 spiro atoms. The van der Waals surface area contributed by atoms with Crippen LogP contribution in [0, 0.1) is 23.6 Å². The number of halogens is 1. The van der Waals surface area contributed by atoms with Crippen LogP contribution in [-0.4, -0.2) is 29.2 Å². The van der Waals surface area contributed by atoms with E-state index in [1.165, 1.54) is 25.0 Å². The molecule has 1 aliphatic heterocycles. The Labute approximate surface area is 120 Å². The monoisotopic (exact) mass is 275 g/mol. The first-order chi connectivity index (χ1) is 9.61. The average Bonchev–Trinajstić information content (AvgIpc) is 2.44. The summed E-state index contributed by atoms with van der Waals surface area (Å²) >= 11 is 0. The van der Waals surface area contributed by atoms with Gasteiger partial charge < -0.3 is 5.11 Å². The highest BCUT2D eigenvalue weighted by molar-refractivity contribution is 5.41. The van der Waals surface area contributed by atoms with E-state index in [0.717, 1.165) is 18.7 Å². The van der Waals surface area contributed by atoms with E-state index in [0.29, 0.717) is 17.5 Å². The van der Waals surface area contributed by atoms with E-state index in [4.69, 9.17) is 5.11 Å². The van der Waals surface area contributed by atoms with Crippen molar-refractivity contribution >= 4 is 0 Å². The molecule has 0 radical (unpaired) electrons. The second kappa shape index (κ2) is 6.88. The zero-order chi connectivity index (χ0) is 14.5. The standard InChI is InChI=1S/C17H22FNO/c1-13-5-3-9-19(14(13)2)12-16-7-8-17(18)11-15(16)6-4-10-20/h7-8,11,13-14,20H,3,5,9-10,12H2,1-2H3. The molecule has 1 aliphatic rings. The normalized spacial score (nSPS) is 23.2. The Balaban J connectivity index is 2.20. The molecule has 1 aromatic carbocycles. The van der Waals surface area contributed by atoms with Crippen molar-refractivity contribution in [2.24, 2.45) is 5.92 Å². The van der Waals surface area contributed by atoms with Crippen LogP contribution in [0.2, 0.25) is 0 Å². The van der Waals surface area contributed by atoms with Crippen molar-refractivity contribution in [3.05, 3.63) is 35.1 Å². The second-order valence-corrected chi connectivity index (χ2v) is 5.59. The van der Waals surface area contributed by atoms with E-state index in [-0.39, 0.29) is 12.4 Å². The van der Waals surface area contributed by atoms with Gasteiger partial charge in [-0.1, -0.05) is 24.8 Å². The fourth-order valence-electron chi connectivity index (χ4n) is 2.80. The molecular formula is C17H22FNO. The zero-order valence-electron chi connectivity index (χ0n) is 12.2. The predicted octanol–water partition coefficient (Wildman–Crippen LogP) is 2.79. The fourth-order valence-corrected chi connectivity index (χ4v) is 2.80. The van der Waals surface area contributed by atoms with Crippen LogP contribution in [0.5, 0.6) is 0 Å². The lowest BCUT2D eigenvalue weighted by atomic mass is 9.91. The highest BCUT2D eigenvalue weighted by Gasteiger charge is 2.24. The van der Waals surface area contributed by atoms with Crippen LogP contribution in [0.3, 0.4) is 0 Å². The minimum Gasteiger partial charge on any atom is -0.384 e. The summed E-state index contributed by atoms with van der Waals surface area (Å²) in [5, 5.41) is 8.81. The van der Waals surface area contributed by atoms with Crippen LogP contribution < -0.4 is 0 Å². The van der Waals surface area contributed by atoms with Crippen LogP contribution in [0.4, 0.5) is 4.39 Å². The number of aliphatic hydroxyl groups is 1. The van der Waals surface area contributed by atoms with Crippen molar-refractivity contribution in [2.75, 3.05) is 13.2 Å². The van der Waals surface area contributed by atoms with E-state index in [1.807, 2.05) is 6.07 Å². The van der Waals surface area contributed by atoms with Gasteiger partial charge in [0.15, 0.2) is 0 Å². The quantitative estimate of drug-likeness (QED) is 0.839. The van der Waals surface area contributed by atoms with Crippen LogP contribution in [0.1, 0.15) is 37.8 Å². The third-order valence-corrected chi connectivity index (χ3v) is 4.25. The van der Waals surface area contributed by atoms with Gasteiger partial charge in [-0.25, -0.2) is 4.39 Å². The third-order valence-electron chi connectivity index (χ3n) is 4.25. The van der Waals surface area contributed by atoms with Crippen molar-refractivity contribution in [3.63, 3.8) is 0 Å². The van der Waals surface area contributed by atoms with Gasteiger partial charge in [-0.2, -0.15) is 0 Å². The number of hydrogen-bond donors (Lipinski definition) is 1. The van der Waals surface area contributed by atoms with Crippen molar-refractivity contribution < 1.29 is 9.50 Å². The molecule has 1 N–H and O–H groups in total. The number of likely N-dealkylation sites (tertiary alicyclic amines) is 1. The molecule has 3 heteroatoms. The Hall–Kier alpha value is -1.37. The molecule has 0 saturated carbocycles. The van der Waals surface area contributed by atoms with E-state index >= 15 is 0 Å². The van der Waals surface area contributed by atoms with E-state index in [9.17, 15) is 4.39 Å². The summed E-state index contributed by atoms with van der Waals surface area (Å²) < 4.78 is 13.3. The van der Waals surface area contributed by atoms with Crippen LogP contribution >= 0.6 is 0 Å². The molecule has 1 heterocycles. The van der Waals surface area contributed by atoms with Gasteiger partial charge in [0.25, 0.3) is 0 Å². The first-order valence-corrected chi connectivity index (χ1v) is 7.24. The van der Waals surface area contributed by atoms with Crippen LogP contribution in [-0.2, 0) is 6.54 Å². The zero-order valence-corrected chi connectivity index (χ0v) is 12.2. The smallest absolute Gasteiger partial charge is 0.124 e. The maximum atomic E-state index is 13.3. The van der Waals surface area contributed by atoms with Gasteiger partial charge >= 0.3 is 0 Å². The number of hydrogen-bond acceptors (Lipinski definition) is 2. The predicted molar refractivity (Wildman–Crippen MR) is 78.6 cm³/mol. The van der Waals surface area contributed by atoms with Crippen molar-refractivity contribution in [1.29, 1.82) is 0 Å². The first kappa shape index (κ1) is 15.0. The third kappa shape index (κ3) is 3.59. The highest BCUT2D eigenvalue weighted by Crippen LogP contribution is 2.25. The van der Waals surface area contributed by atoms with Crippen molar-refractivity contribution in [1.82, 2.24) is 4.90 Å². The summed E-state index contributed by atoms with van der Waals surface area (Å²) in [5.41, 5.74) is 1.72. The second-order valence-electron chi connectivity index (χ2n) is 5.59. The molecule has 20 heavy (non-hydrogen) atoms. The van der Waals surface area contributed by atoms with E-state index < -0.39 is 0 Å². The maximum absolute atomic E-state index is 13.3. The molecule has 2 rings (SSSR count). The van der Waals surface area contributed by atoms with Gasteiger partial charge in [-0.15, -0.1) is 0 Å². The molecule has 2 unspecified atom stereocenters. The lowest BCUT2D eigenvalue weighted by Crippen LogP contribution is -2.41. The number of aliphatic hydroxyl groups excluding tert-OH is 1. The summed E-state index contributed by atoms with van der Waals surface area (Å²) in [6.07, 6.45) is 2.49. The summed E-state index contributed by atoms with van der Waals surface area (Å²) in [7, 11) is 0. The Morgan fingerprint density at radius 1 is 1.40 bits per heavy atom. The van der Waals surface area contributed by atoms with Gasteiger partial charge in [-0.05, 0) is 49.9 Å². The Kier molecular flexibility index (Phi) is 5.17. The highest BCUT2D eigenvalue weighted by atomic mass is 19.1. The Morgan fingerprint density at radius 3 is 2.95 bits per heavy atom. The fraction of sp³-hybridized carbons (Fsp3) is 0.529. The van der Waals surface area contributed by atoms with Crippen molar-refractivity contribution in [2.45, 2.75) is 39.3 Å². The van der Waals surface area contributed by atoms with Crippen LogP contribution in [0.15, 0.2) is 18.2 Å². The number of nitrogens with zero attached hydrogens (tertiary/aromatic N) is 1. The molecule has 0 aliphatic carbocycles. The lowest BCUT2D eigenvalue weighted by Gasteiger charge is -2.38. The summed E-state index contributed by atoms with van der Waals surface area (Å²) in [4.78, 5) is 2.44. The molecule has 0 bridgehead atoms. The summed E-state index contributed by atoms with van der Waals surface area (Å²) in [6, 6.07) is 5.28. The van der Waals surface area contributed by atoms with Gasteiger partial charge in [-0.3, -0.25) is 4.90 Å². The molecule has 2 nitrogen and oxygen atoms in total. The molecular weight excluding hydrogens is 253 g/mol. The van der Waals surface area contributed by atoms with Crippen molar-refractivity contribution in [3.8, 4) is 11.8 Å². The molecule has 2 atom stereocenters. The molecule has 0 amide bonds. The molecule has 108 valence electrons. The molecule has 1 saturated heterocycles. The Morgan fingerprint density at radius 2 is 2.20 bits per heavy atom. The van der Waals surface area contributed by atoms with Gasteiger partial charge in [0.2, 0.25) is 0 Å². The summed E-state index contributed by atoms with van der Waals surface area (Å²) in [5.74, 6) is 5.87. The number of benzene rings is 1. The topological polar surface area (TPSA) is 23.5 Å². The Bertz CT molecular complexity index is 517. The minimum absolute atomic E-state index is 0.201. The van der Waals surface area contributed by atoms with Crippen LogP contribution in [0.25, 0.3) is 0 Å². The van der Waals surface area contributed by atoms with Gasteiger partial charge in [0, 0.05) is 18.2 Å². The van der Waals surface area contributed by atoms with Gasteiger partial charge in [0.1, 0.15) is 12.4 Å². The average molecular weight is 275 g/mol. The van der Waals surface area contributed by atoms with Gasteiger partial charge in [0.05, 0.1) is 0 Å². The lowest BCUT2D eigenvalue weighted by molar-refractivity contribution is 0.106. The maximum Gasteiger partial charge on any atom is 0.124 e. The number of piperidine rings is 1. The first-order valence-electron chi connectivity index (χ1n) is 7.24. The minimum atomic E-state index is -0.281. The SMILES string of the molecule is CC1CCCN(Cc2ccc(F)cc2C#CCO)C1C. The molecule has 1 fully saturated rings. The largest absolute Gasteiger partial charge is 0.384 e. The number of rotatable bonds is 2.